The molecule has 0 bridgehead atoms. The molecule has 27 heavy (non-hydrogen) atoms. The van der Waals surface area contributed by atoms with Crippen molar-refractivity contribution < 1.29 is 9.18 Å². The van der Waals surface area contributed by atoms with E-state index in [1.165, 1.54) is 0 Å². The van der Waals surface area contributed by atoms with Gasteiger partial charge in [-0.25, -0.2) is 14.2 Å². The first-order valence-corrected chi connectivity index (χ1v) is 8.97. The van der Waals surface area contributed by atoms with Crippen molar-refractivity contribution in [3.05, 3.63) is 60.8 Å². The first-order valence-electron chi connectivity index (χ1n) is 8.97. The number of carbonyl (C=O) groups excluding carboxylic acids is 1. The monoisotopic (exact) mass is 363 g/mol. The Bertz CT molecular complexity index is 985. The first kappa shape index (κ1) is 16.0. The molecule has 0 radical (unpaired) electrons. The van der Waals surface area contributed by atoms with Crippen molar-refractivity contribution in [3.63, 3.8) is 0 Å². The van der Waals surface area contributed by atoms with Gasteiger partial charge in [-0.15, -0.1) is 0 Å². The SMILES string of the molecule is O=C1N(c2cccnc2)Cc2cc(-c3ccc(N4CCC(F)C4)nc3)cn21. The van der Waals surface area contributed by atoms with E-state index in [2.05, 4.69) is 9.97 Å². The summed E-state index contributed by atoms with van der Waals surface area (Å²) >= 11 is 0. The number of aromatic nitrogens is 3. The standard InChI is InChI=1S/C20H18FN5O/c21-16-5-7-24(12-16)19-4-3-14(9-23-19)15-8-18-13-26(20(27)25(18)11-15)17-2-1-6-22-10-17/h1-4,6,8-11,16H,5,7,12-13H2. The average molecular weight is 363 g/mol. The molecule has 3 aromatic rings. The molecule has 0 spiro atoms. The van der Waals surface area contributed by atoms with Gasteiger partial charge < -0.3 is 4.90 Å². The van der Waals surface area contributed by atoms with Gasteiger partial charge in [0.1, 0.15) is 12.0 Å². The van der Waals surface area contributed by atoms with Crippen molar-refractivity contribution >= 4 is 17.5 Å². The van der Waals surface area contributed by atoms with E-state index >= 15 is 0 Å². The van der Waals surface area contributed by atoms with Gasteiger partial charge in [-0.3, -0.25) is 14.5 Å². The Balaban J connectivity index is 1.37. The molecule has 0 saturated carbocycles. The van der Waals surface area contributed by atoms with Crippen molar-refractivity contribution in [2.45, 2.75) is 19.1 Å². The number of halogens is 1. The van der Waals surface area contributed by atoms with E-state index in [0.29, 0.717) is 26.1 Å². The molecule has 5 rings (SSSR count). The molecule has 3 aromatic heterocycles. The fraction of sp³-hybridized carbons (Fsp3) is 0.250. The Labute approximate surface area is 155 Å². The number of hydrogen-bond donors (Lipinski definition) is 0. The number of fused-ring (bicyclic) bond motifs is 1. The molecule has 2 aliphatic heterocycles. The lowest BCUT2D eigenvalue weighted by Gasteiger charge is -2.16. The van der Waals surface area contributed by atoms with Crippen LogP contribution in [-0.4, -0.2) is 39.8 Å². The number of pyridine rings is 2. The van der Waals surface area contributed by atoms with Gasteiger partial charge in [0.15, 0.2) is 0 Å². The molecule has 7 heteroatoms. The van der Waals surface area contributed by atoms with E-state index in [1.807, 2.05) is 41.4 Å². The van der Waals surface area contributed by atoms with Crippen molar-refractivity contribution in [2.75, 3.05) is 22.9 Å². The minimum absolute atomic E-state index is 0.0834. The zero-order valence-electron chi connectivity index (χ0n) is 14.6. The quantitative estimate of drug-likeness (QED) is 0.715. The molecule has 1 saturated heterocycles. The molecule has 0 aliphatic carbocycles. The van der Waals surface area contributed by atoms with Crippen molar-refractivity contribution in [1.29, 1.82) is 0 Å². The minimum Gasteiger partial charge on any atom is -0.354 e. The van der Waals surface area contributed by atoms with Crippen LogP contribution in [0.1, 0.15) is 12.1 Å². The second-order valence-corrected chi connectivity index (χ2v) is 6.91. The van der Waals surface area contributed by atoms with Crippen LogP contribution in [0.2, 0.25) is 0 Å². The number of amides is 1. The molecule has 6 nitrogen and oxygen atoms in total. The summed E-state index contributed by atoms with van der Waals surface area (Å²) in [5.74, 6) is 0.796. The number of hydrogen-bond acceptors (Lipinski definition) is 4. The van der Waals surface area contributed by atoms with E-state index in [-0.39, 0.29) is 6.03 Å². The molecule has 5 heterocycles. The maximum absolute atomic E-state index is 13.4. The van der Waals surface area contributed by atoms with Crippen LogP contribution >= 0.6 is 0 Å². The maximum atomic E-state index is 13.4. The third kappa shape index (κ3) is 2.75. The average Bonchev–Trinajstić information content (AvgIpc) is 3.39. The van der Waals surface area contributed by atoms with Crippen LogP contribution in [0.3, 0.4) is 0 Å². The van der Waals surface area contributed by atoms with E-state index in [0.717, 1.165) is 28.3 Å². The molecule has 0 N–H and O–H groups in total. The number of anilines is 2. The maximum Gasteiger partial charge on any atom is 0.333 e. The lowest BCUT2D eigenvalue weighted by Crippen LogP contribution is -2.25. The first-order chi connectivity index (χ1) is 13.2. The third-order valence-electron chi connectivity index (χ3n) is 5.15. The molecule has 1 unspecified atom stereocenters. The van der Waals surface area contributed by atoms with Gasteiger partial charge in [-0.05, 0) is 36.8 Å². The number of rotatable bonds is 3. The highest BCUT2D eigenvalue weighted by atomic mass is 19.1. The fourth-order valence-corrected chi connectivity index (χ4v) is 3.71. The summed E-state index contributed by atoms with van der Waals surface area (Å²) in [5.41, 5.74) is 3.61. The third-order valence-corrected chi connectivity index (χ3v) is 5.15. The highest BCUT2D eigenvalue weighted by molar-refractivity contribution is 5.97. The number of carbonyl (C=O) groups is 1. The molecular formula is C20H18FN5O. The van der Waals surface area contributed by atoms with Gasteiger partial charge in [-0.2, -0.15) is 0 Å². The van der Waals surface area contributed by atoms with Gasteiger partial charge in [0.25, 0.3) is 0 Å². The number of alkyl halides is 1. The highest BCUT2D eigenvalue weighted by Crippen LogP contribution is 2.30. The smallest absolute Gasteiger partial charge is 0.333 e. The normalized spacial score (nSPS) is 19.0. The highest BCUT2D eigenvalue weighted by Gasteiger charge is 2.29. The largest absolute Gasteiger partial charge is 0.354 e. The molecular weight excluding hydrogens is 345 g/mol. The summed E-state index contributed by atoms with van der Waals surface area (Å²) in [6.45, 7) is 1.62. The van der Waals surface area contributed by atoms with E-state index in [4.69, 9.17) is 0 Å². The Morgan fingerprint density at radius 1 is 1.15 bits per heavy atom. The van der Waals surface area contributed by atoms with Gasteiger partial charge in [-0.1, -0.05) is 0 Å². The van der Waals surface area contributed by atoms with Crippen LogP contribution in [0.5, 0.6) is 0 Å². The lowest BCUT2D eigenvalue weighted by molar-refractivity contribution is 0.251. The summed E-state index contributed by atoms with van der Waals surface area (Å²) in [7, 11) is 0. The Morgan fingerprint density at radius 3 is 2.74 bits per heavy atom. The summed E-state index contributed by atoms with van der Waals surface area (Å²) < 4.78 is 15.0. The predicted octanol–water partition coefficient (Wildman–Crippen LogP) is 3.48. The molecule has 1 atom stereocenters. The van der Waals surface area contributed by atoms with Gasteiger partial charge in [0.2, 0.25) is 0 Å². The predicted molar refractivity (Wildman–Crippen MR) is 101 cm³/mol. The van der Waals surface area contributed by atoms with Gasteiger partial charge in [0.05, 0.1) is 25.0 Å². The van der Waals surface area contributed by atoms with Crippen LogP contribution in [0.25, 0.3) is 11.1 Å². The van der Waals surface area contributed by atoms with Crippen LogP contribution in [0.15, 0.2) is 55.1 Å². The Hall–Kier alpha value is -3.22. The molecule has 2 aliphatic rings. The van der Waals surface area contributed by atoms with Crippen molar-refractivity contribution in [1.82, 2.24) is 14.5 Å². The fourth-order valence-electron chi connectivity index (χ4n) is 3.71. The zero-order valence-corrected chi connectivity index (χ0v) is 14.6. The van der Waals surface area contributed by atoms with Crippen LogP contribution in [-0.2, 0) is 6.54 Å². The number of nitrogens with zero attached hydrogens (tertiary/aromatic N) is 5. The Morgan fingerprint density at radius 2 is 2.07 bits per heavy atom. The topological polar surface area (TPSA) is 54.3 Å². The van der Waals surface area contributed by atoms with Gasteiger partial charge >= 0.3 is 6.03 Å². The Kier molecular flexibility index (Phi) is 3.67. The second-order valence-electron chi connectivity index (χ2n) is 6.91. The lowest BCUT2D eigenvalue weighted by atomic mass is 10.1. The summed E-state index contributed by atoms with van der Waals surface area (Å²) in [5, 5.41) is 0. The van der Waals surface area contributed by atoms with E-state index < -0.39 is 6.17 Å². The summed E-state index contributed by atoms with van der Waals surface area (Å²) in [6.07, 6.45) is 6.80. The minimum atomic E-state index is -0.769. The van der Waals surface area contributed by atoms with Crippen LogP contribution < -0.4 is 9.80 Å². The molecule has 0 aromatic carbocycles. The molecule has 1 amide bonds. The van der Waals surface area contributed by atoms with Crippen LogP contribution in [0.4, 0.5) is 20.7 Å². The molecule has 136 valence electrons. The van der Waals surface area contributed by atoms with Crippen LogP contribution in [0, 0.1) is 0 Å². The second kappa shape index (κ2) is 6.19. The van der Waals surface area contributed by atoms with Gasteiger partial charge in [0, 0.05) is 42.0 Å². The van der Waals surface area contributed by atoms with E-state index in [1.54, 1.807) is 28.1 Å². The summed E-state index contributed by atoms with van der Waals surface area (Å²) in [6, 6.07) is 9.52. The van der Waals surface area contributed by atoms with E-state index in [9.17, 15) is 9.18 Å². The molecule has 1 fully saturated rings. The van der Waals surface area contributed by atoms with Crippen molar-refractivity contribution in [2.24, 2.45) is 0 Å². The summed E-state index contributed by atoms with van der Waals surface area (Å²) in [4.78, 5) is 24.9. The van der Waals surface area contributed by atoms with Crippen molar-refractivity contribution in [3.8, 4) is 11.1 Å². The zero-order chi connectivity index (χ0) is 18.4.